The summed E-state index contributed by atoms with van der Waals surface area (Å²) < 4.78 is 0. The van der Waals surface area contributed by atoms with Crippen LogP contribution in [0.4, 0.5) is 0 Å². The van der Waals surface area contributed by atoms with Gasteiger partial charge in [-0.15, -0.1) is 0 Å². The van der Waals surface area contributed by atoms with Gasteiger partial charge in [0.15, 0.2) is 0 Å². The van der Waals surface area contributed by atoms with Crippen LogP contribution in [0.25, 0.3) is 0 Å². The van der Waals surface area contributed by atoms with Crippen LogP contribution in [-0.4, -0.2) is 20.4 Å². The summed E-state index contributed by atoms with van der Waals surface area (Å²) in [5.41, 5.74) is 8.12. The fraction of sp³-hybridized carbons (Fsp3) is 0.571. The van der Waals surface area contributed by atoms with E-state index in [0.717, 1.165) is 44.5 Å². The molecule has 0 amide bonds. The fourth-order valence-electron chi connectivity index (χ4n) is 7.02. The molecule has 4 N–H and O–H groups in total. The van der Waals surface area contributed by atoms with E-state index in [4.69, 9.17) is 0 Å². The summed E-state index contributed by atoms with van der Waals surface area (Å²) in [6, 6.07) is 24.2. The average molecular weight is 1060 g/mol. The first-order valence-corrected chi connectivity index (χ1v) is 21.9. The van der Waals surface area contributed by atoms with Gasteiger partial charge in [0, 0.05) is 39.9 Å². The minimum absolute atomic E-state index is 0. The van der Waals surface area contributed by atoms with Gasteiger partial charge in [-0.05, 0) is 87.8 Å². The molecule has 5 heteroatoms. The Morgan fingerprint density at radius 2 is 0.295 bits per heavy atom. The minimum Gasteiger partial charge on any atom is -0.507 e. The molecule has 0 saturated heterocycles. The Labute approximate surface area is 407 Å². The zero-order valence-electron chi connectivity index (χ0n) is 43.2. The van der Waals surface area contributed by atoms with E-state index in [1.165, 1.54) is 0 Å². The maximum Gasteiger partial charge on any atom is 0.123 e. The van der Waals surface area contributed by atoms with E-state index in [1.807, 2.05) is 72.8 Å². The van der Waals surface area contributed by atoms with Gasteiger partial charge >= 0.3 is 0 Å². The van der Waals surface area contributed by atoms with Crippen molar-refractivity contribution < 1.29 is 60.4 Å². The Balaban J connectivity index is 0.000000783. The maximum absolute atomic E-state index is 10.3. The predicted octanol–water partition coefficient (Wildman–Crippen LogP) is 15.9. The number of phenolic OH excluding ortho intramolecular Hbond substituents is 4. The monoisotopic (exact) mass is 1060 g/mol. The Hall–Kier alpha value is -2.60. The summed E-state index contributed by atoms with van der Waals surface area (Å²) in [5.74, 6) is 1.82. The largest absolute Gasteiger partial charge is 0.507 e. The van der Waals surface area contributed by atoms with E-state index >= 15 is 0 Å². The third-order valence-corrected chi connectivity index (χ3v) is 10.6. The van der Waals surface area contributed by atoms with Crippen LogP contribution in [0.2, 0.25) is 0 Å². The summed E-state index contributed by atoms with van der Waals surface area (Å²) >= 11 is 0. The predicted molar refractivity (Wildman–Crippen MR) is 262 cm³/mol. The van der Waals surface area contributed by atoms with Crippen LogP contribution in [0.15, 0.2) is 72.8 Å². The van der Waals surface area contributed by atoms with Gasteiger partial charge in [-0.25, -0.2) is 0 Å². The van der Waals surface area contributed by atoms with Crippen molar-refractivity contribution in [3.8, 4) is 23.0 Å². The minimum atomic E-state index is -0.00859. The van der Waals surface area contributed by atoms with Crippen molar-refractivity contribution in [1.82, 2.24) is 0 Å². The van der Waals surface area contributed by atoms with Gasteiger partial charge in [-0.1, -0.05) is 239 Å². The zero-order chi connectivity index (χ0) is 47.4. The fourth-order valence-corrected chi connectivity index (χ4v) is 7.02. The molecule has 0 aliphatic heterocycles. The number of para-hydroxylation sites is 4. The second-order valence-electron chi connectivity index (χ2n) is 24.8. The van der Waals surface area contributed by atoms with Crippen molar-refractivity contribution >= 4 is 0 Å². The van der Waals surface area contributed by atoms with Crippen LogP contribution in [0.1, 0.15) is 211 Å². The molecule has 0 aliphatic carbocycles. The number of hydrogen-bond acceptors (Lipinski definition) is 4. The van der Waals surface area contributed by atoms with Gasteiger partial charge in [0.2, 0.25) is 0 Å². The summed E-state index contributed by atoms with van der Waals surface area (Å²) in [5, 5.41) is 41.0. The van der Waals surface area contributed by atoms with Crippen LogP contribution in [0, 0.1) is 39.9 Å². The molecule has 0 radical (unpaired) electrons. The molecule has 0 spiro atoms. The van der Waals surface area contributed by atoms with Crippen LogP contribution >= 0.6 is 0 Å². The normalized spacial score (nSPS) is 12.7. The van der Waals surface area contributed by atoms with Crippen molar-refractivity contribution in [3.05, 3.63) is 117 Å². The third kappa shape index (κ3) is 17.1. The van der Waals surface area contributed by atoms with Gasteiger partial charge in [0.05, 0.1) is 0 Å². The van der Waals surface area contributed by atoms with Gasteiger partial charge in [0.25, 0.3) is 0 Å². The topological polar surface area (TPSA) is 80.9 Å². The van der Waals surface area contributed by atoms with Crippen molar-refractivity contribution in [2.75, 3.05) is 0 Å². The van der Waals surface area contributed by atoms with Crippen molar-refractivity contribution in [1.29, 1.82) is 0 Å². The first kappa shape index (κ1) is 58.4. The van der Waals surface area contributed by atoms with Crippen LogP contribution in [0.3, 0.4) is 0 Å². The molecular weight excluding hydrogens is 969 g/mol. The van der Waals surface area contributed by atoms with E-state index < -0.39 is 0 Å². The summed E-state index contributed by atoms with van der Waals surface area (Å²) in [6.45, 7) is 50.9. The molecule has 0 aromatic heterocycles. The van der Waals surface area contributed by atoms with Crippen LogP contribution < -0.4 is 0 Å². The summed E-state index contributed by atoms with van der Waals surface area (Å²) in [4.78, 5) is 0. The zero-order valence-corrected chi connectivity index (χ0v) is 47.3. The Kier molecular flexibility index (Phi) is 20.0. The molecule has 0 atom stereocenters. The van der Waals surface area contributed by atoms with Crippen molar-refractivity contribution in [2.45, 2.75) is 209 Å². The molecule has 0 fully saturated rings. The molecule has 0 bridgehead atoms. The average Bonchev–Trinajstić information content (AvgIpc) is 3.01. The maximum atomic E-state index is 10.3. The first-order valence-electron chi connectivity index (χ1n) is 21.9. The van der Waals surface area contributed by atoms with Gasteiger partial charge in [0.1, 0.15) is 23.0 Å². The quantitative estimate of drug-likeness (QED) is 0.141. The standard InChI is InChI=1S/4C14H22O.Th/c4*1-13(2,3)10-8-7-9-11(12(10)15)14(4,5)6;/h4*7-9,15H,1-6H3;. The van der Waals surface area contributed by atoms with Crippen molar-refractivity contribution in [2.24, 2.45) is 0 Å². The number of hydrogen-bond donors (Lipinski definition) is 4. The number of benzene rings is 4. The van der Waals surface area contributed by atoms with Crippen LogP contribution in [0.5, 0.6) is 23.0 Å². The second kappa shape index (κ2) is 20.9. The molecule has 340 valence electrons. The molecule has 4 nitrogen and oxygen atoms in total. The van der Waals surface area contributed by atoms with Crippen LogP contribution in [-0.2, 0) is 43.3 Å². The molecule has 0 saturated carbocycles. The van der Waals surface area contributed by atoms with E-state index in [9.17, 15) is 20.4 Å². The van der Waals surface area contributed by atoms with E-state index in [0.29, 0.717) is 23.0 Å². The smallest absolute Gasteiger partial charge is 0.123 e. The molecule has 4 rings (SSSR count). The molecule has 61 heavy (non-hydrogen) atoms. The Morgan fingerprint density at radius 1 is 0.213 bits per heavy atom. The van der Waals surface area contributed by atoms with Gasteiger partial charge in [-0.3, -0.25) is 0 Å². The molecule has 0 aliphatic rings. The summed E-state index contributed by atoms with van der Waals surface area (Å²) in [7, 11) is 0. The molecular formula is C56H88O4Th. The SMILES string of the molecule is CC(C)(C)c1cccc(C(C)(C)C)c1O.CC(C)(C)c1cccc(C(C)(C)C)c1O.CC(C)(C)c1cccc(C(C)(C)C)c1O.CC(C)(C)c1cccc(C(C)(C)C)c1O.[Th]. The number of phenols is 4. The van der Waals surface area contributed by atoms with Gasteiger partial charge in [-0.2, -0.15) is 0 Å². The Morgan fingerprint density at radius 3 is 0.361 bits per heavy atom. The first-order chi connectivity index (χ1) is 26.6. The third-order valence-electron chi connectivity index (χ3n) is 10.6. The number of rotatable bonds is 0. The van der Waals surface area contributed by atoms with E-state index in [1.54, 1.807) is 0 Å². The van der Waals surface area contributed by atoms with E-state index in [-0.39, 0.29) is 83.3 Å². The molecule has 0 unspecified atom stereocenters. The van der Waals surface area contributed by atoms with E-state index in [2.05, 4.69) is 166 Å². The second-order valence-corrected chi connectivity index (χ2v) is 24.8. The summed E-state index contributed by atoms with van der Waals surface area (Å²) in [6.07, 6.45) is 0. The van der Waals surface area contributed by atoms with Gasteiger partial charge < -0.3 is 20.4 Å². The number of aromatic hydroxyl groups is 4. The molecule has 4 aromatic rings. The molecule has 0 heterocycles. The molecule has 4 aromatic carbocycles. The van der Waals surface area contributed by atoms with Crippen molar-refractivity contribution in [3.63, 3.8) is 0 Å². The Bertz CT molecular complexity index is 1570.